The molecule has 0 unspecified atom stereocenters. The lowest BCUT2D eigenvalue weighted by Gasteiger charge is -2.11. The smallest absolute Gasteiger partial charge is 0.258 e. The molecular weight excluding hydrogens is 286 g/mol. The molecule has 0 atom stereocenters. The van der Waals surface area contributed by atoms with Gasteiger partial charge < -0.3 is 20.7 Å². The molecule has 7 heteroatoms. The highest BCUT2D eigenvalue weighted by Crippen LogP contribution is 2.23. The number of amides is 3. The molecule has 22 heavy (non-hydrogen) atoms. The normalized spacial score (nSPS) is 9.73. The van der Waals surface area contributed by atoms with Gasteiger partial charge in [0.25, 0.3) is 5.91 Å². The highest BCUT2D eigenvalue weighted by molar-refractivity contribution is 5.90. The summed E-state index contributed by atoms with van der Waals surface area (Å²) in [5.41, 5.74) is 0.489. The van der Waals surface area contributed by atoms with E-state index in [9.17, 15) is 14.4 Å². The molecule has 0 aromatic heterocycles. The predicted molar refractivity (Wildman–Crippen MR) is 82.6 cm³/mol. The van der Waals surface area contributed by atoms with Crippen LogP contribution in [-0.4, -0.2) is 37.4 Å². The molecule has 0 spiro atoms. The molecule has 1 aromatic rings. The third kappa shape index (κ3) is 6.74. The number of anilines is 1. The Morgan fingerprint density at radius 3 is 2.50 bits per heavy atom. The van der Waals surface area contributed by atoms with Crippen molar-refractivity contribution in [2.75, 3.05) is 25.0 Å². The lowest BCUT2D eigenvalue weighted by Crippen LogP contribution is -2.39. The van der Waals surface area contributed by atoms with Crippen molar-refractivity contribution in [3.05, 3.63) is 24.3 Å². The number of rotatable bonds is 8. The molecular formula is C15H21N3O4. The van der Waals surface area contributed by atoms with Gasteiger partial charge in [-0.3, -0.25) is 14.4 Å². The summed E-state index contributed by atoms with van der Waals surface area (Å²) < 4.78 is 5.35. The molecule has 3 N–H and O–H groups in total. The maximum atomic E-state index is 11.6. The fraction of sp³-hybridized carbons (Fsp3) is 0.400. The van der Waals surface area contributed by atoms with Crippen molar-refractivity contribution in [1.29, 1.82) is 0 Å². The minimum Gasteiger partial charge on any atom is -0.482 e. The number of hydrogen-bond acceptors (Lipinski definition) is 4. The number of benzene rings is 1. The van der Waals surface area contributed by atoms with E-state index in [4.69, 9.17) is 4.74 Å². The van der Waals surface area contributed by atoms with Crippen molar-refractivity contribution in [2.45, 2.75) is 20.3 Å². The highest BCUT2D eigenvalue weighted by atomic mass is 16.5. The molecule has 0 fully saturated rings. The van der Waals surface area contributed by atoms with E-state index in [1.165, 1.54) is 6.92 Å². The average Bonchev–Trinajstić information content (AvgIpc) is 2.49. The number of hydrogen-bond donors (Lipinski definition) is 3. The van der Waals surface area contributed by atoms with E-state index >= 15 is 0 Å². The van der Waals surface area contributed by atoms with Gasteiger partial charge in [-0.1, -0.05) is 19.1 Å². The molecule has 0 saturated heterocycles. The molecule has 0 aliphatic carbocycles. The van der Waals surface area contributed by atoms with Crippen molar-refractivity contribution in [2.24, 2.45) is 0 Å². The second-order valence-electron chi connectivity index (χ2n) is 4.59. The average molecular weight is 307 g/mol. The molecule has 0 saturated carbocycles. The van der Waals surface area contributed by atoms with Crippen LogP contribution in [0.25, 0.3) is 0 Å². The van der Waals surface area contributed by atoms with Crippen LogP contribution < -0.4 is 20.7 Å². The van der Waals surface area contributed by atoms with Crippen molar-refractivity contribution in [1.82, 2.24) is 10.6 Å². The minimum absolute atomic E-state index is 0.0878. The largest absolute Gasteiger partial charge is 0.482 e. The SMILES string of the molecule is CCCNC(=O)CNC(=O)COc1ccccc1NC(C)=O. The highest BCUT2D eigenvalue weighted by Gasteiger charge is 2.08. The first-order valence-corrected chi connectivity index (χ1v) is 7.05. The summed E-state index contributed by atoms with van der Waals surface area (Å²) in [6.45, 7) is 3.58. The molecule has 3 amide bonds. The van der Waals surface area contributed by atoms with Crippen molar-refractivity contribution in [3.63, 3.8) is 0 Å². The number of ether oxygens (including phenoxy) is 1. The van der Waals surface area contributed by atoms with Crippen LogP contribution in [0.1, 0.15) is 20.3 Å². The van der Waals surface area contributed by atoms with E-state index in [0.717, 1.165) is 6.42 Å². The van der Waals surface area contributed by atoms with Crippen LogP contribution in [0.3, 0.4) is 0 Å². The number of nitrogens with one attached hydrogen (secondary N) is 3. The maximum Gasteiger partial charge on any atom is 0.258 e. The summed E-state index contributed by atoms with van der Waals surface area (Å²) in [6, 6.07) is 6.80. The first kappa shape index (κ1) is 17.5. The van der Waals surface area contributed by atoms with E-state index in [2.05, 4.69) is 16.0 Å². The molecule has 0 radical (unpaired) electrons. The summed E-state index contributed by atoms with van der Waals surface area (Å²) >= 11 is 0. The molecule has 1 aromatic carbocycles. The third-order valence-electron chi connectivity index (χ3n) is 2.57. The monoisotopic (exact) mass is 307 g/mol. The molecule has 7 nitrogen and oxygen atoms in total. The summed E-state index contributed by atoms with van der Waals surface area (Å²) in [4.78, 5) is 34.0. The Labute approximate surface area is 129 Å². The Hall–Kier alpha value is -2.57. The third-order valence-corrected chi connectivity index (χ3v) is 2.57. The second-order valence-corrected chi connectivity index (χ2v) is 4.59. The van der Waals surface area contributed by atoms with E-state index in [1.54, 1.807) is 24.3 Å². The van der Waals surface area contributed by atoms with Crippen molar-refractivity contribution >= 4 is 23.4 Å². The first-order chi connectivity index (χ1) is 10.5. The standard InChI is InChI=1S/C15H21N3O4/c1-3-8-16-14(20)9-17-15(21)10-22-13-7-5-4-6-12(13)18-11(2)19/h4-7H,3,8-10H2,1-2H3,(H,16,20)(H,17,21)(H,18,19). The Balaban J connectivity index is 2.41. The first-order valence-electron chi connectivity index (χ1n) is 7.05. The van der Waals surface area contributed by atoms with Gasteiger partial charge in [-0.2, -0.15) is 0 Å². The van der Waals surface area contributed by atoms with Crippen LogP contribution in [0.5, 0.6) is 5.75 Å². The number of carbonyl (C=O) groups excluding carboxylic acids is 3. The lowest BCUT2D eigenvalue weighted by atomic mass is 10.3. The summed E-state index contributed by atoms with van der Waals surface area (Å²) in [7, 11) is 0. The lowest BCUT2D eigenvalue weighted by molar-refractivity contribution is -0.127. The van der Waals surface area contributed by atoms with Gasteiger partial charge in [-0.05, 0) is 18.6 Å². The van der Waals surface area contributed by atoms with Crippen molar-refractivity contribution in [3.8, 4) is 5.75 Å². The van der Waals surface area contributed by atoms with Crippen LogP contribution >= 0.6 is 0 Å². The van der Waals surface area contributed by atoms with Gasteiger partial charge in [0.05, 0.1) is 12.2 Å². The second kappa shape index (κ2) is 9.38. The van der Waals surface area contributed by atoms with Crippen LogP contribution in [-0.2, 0) is 14.4 Å². The Morgan fingerprint density at radius 2 is 1.82 bits per heavy atom. The zero-order valence-corrected chi connectivity index (χ0v) is 12.8. The van der Waals surface area contributed by atoms with Gasteiger partial charge in [0.2, 0.25) is 11.8 Å². The number of para-hydroxylation sites is 2. The van der Waals surface area contributed by atoms with Crippen LogP contribution in [0.4, 0.5) is 5.69 Å². The fourth-order valence-electron chi connectivity index (χ4n) is 1.59. The fourth-order valence-corrected chi connectivity index (χ4v) is 1.59. The molecule has 0 aliphatic heterocycles. The summed E-state index contributed by atoms with van der Waals surface area (Å²) in [6.07, 6.45) is 0.836. The molecule has 120 valence electrons. The zero-order valence-electron chi connectivity index (χ0n) is 12.8. The van der Waals surface area contributed by atoms with Gasteiger partial charge in [0.1, 0.15) is 5.75 Å². The van der Waals surface area contributed by atoms with Gasteiger partial charge >= 0.3 is 0 Å². The van der Waals surface area contributed by atoms with E-state index in [-0.39, 0.29) is 25.0 Å². The Kier molecular flexibility index (Phi) is 7.45. The van der Waals surface area contributed by atoms with Crippen LogP contribution in [0.15, 0.2) is 24.3 Å². The molecule has 0 heterocycles. The molecule has 0 bridgehead atoms. The van der Waals surface area contributed by atoms with Gasteiger partial charge in [0, 0.05) is 13.5 Å². The zero-order chi connectivity index (χ0) is 16.4. The Bertz CT molecular complexity index is 531. The van der Waals surface area contributed by atoms with Crippen LogP contribution in [0, 0.1) is 0 Å². The summed E-state index contributed by atoms with van der Waals surface area (Å²) in [5, 5.41) is 7.72. The topological polar surface area (TPSA) is 96.5 Å². The number of carbonyl (C=O) groups is 3. The van der Waals surface area contributed by atoms with Gasteiger partial charge in [0.15, 0.2) is 6.61 Å². The Morgan fingerprint density at radius 1 is 1.09 bits per heavy atom. The van der Waals surface area contributed by atoms with Gasteiger partial charge in [-0.15, -0.1) is 0 Å². The quantitative estimate of drug-likeness (QED) is 0.657. The van der Waals surface area contributed by atoms with Crippen LogP contribution in [0.2, 0.25) is 0 Å². The van der Waals surface area contributed by atoms with E-state index < -0.39 is 5.91 Å². The van der Waals surface area contributed by atoms with Gasteiger partial charge in [-0.25, -0.2) is 0 Å². The van der Waals surface area contributed by atoms with E-state index in [1.807, 2.05) is 6.92 Å². The molecule has 0 aliphatic rings. The predicted octanol–water partition coefficient (Wildman–Crippen LogP) is 0.666. The molecule has 1 rings (SSSR count). The van der Waals surface area contributed by atoms with Crippen molar-refractivity contribution < 1.29 is 19.1 Å². The van der Waals surface area contributed by atoms with E-state index in [0.29, 0.717) is 18.0 Å². The maximum absolute atomic E-state index is 11.6. The summed E-state index contributed by atoms with van der Waals surface area (Å²) in [5.74, 6) is -0.491. The minimum atomic E-state index is -0.413.